The van der Waals surface area contributed by atoms with Crippen LogP contribution in [-0.4, -0.2) is 38.9 Å². The van der Waals surface area contributed by atoms with Gasteiger partial charge in [-0.25, -0.2) is 9.78 Å². The van der Waals surface area contributed by atoms with Crippen LogP contribution in [0.1, 0.15) is 5.56 Å². The second-order valence-electron chi connectivity index (χ2n) is 5.67. The van der Waals surface area contributed by atoms with E-state index in [-0.39, 0.29) is 6.03 Å². The molecule has 7 nitrogen and oxygen atoms in total. The third-order valence-electron chi connectivity index (χ3n) is 3.97. The Balaban J connectivity index is 1.57. The maximum absolute atomic E-state index is 12.1. The number of rotatable bonds is 7. The molecule has 0 radical (unpaired) electrons. The highest BCUT2D eigenvalue weighted by molar-refractivity contribution is 7.22. The molecule has 0 aliphatic carbocycles. The Morgan fingerprint density at radius 1 is 1.04 bits per heavy atom. The monoisotopic (exact) mass is 387 g/mol. The van der Waals surface area contributed by atoms with Crippen molar-refractivity contribution in [3.05, 3.63) is 42.0 Å². The van der Waals surface area contributed by atoms with Crippen LogP contribution < -0.4 is 24.8 Å². The van der Waals surface area contributed by atoms with Gasteiger partial charge in [0.2, 0.25) is 0 Å². The molecule has 0 saturated carbocycles. The number of thiazole rings is 1. The molecule has 0 unspecified atom stereocenters. The fraction of sp³-hybridized carbons (Fsp3) is 0.263. The number of hydrogen-bond acceptors (Lipinski definition) is 6. The van der Waals surface area contributed by atoms with E-state index < -0.39 is 0 Å². The SMILES string of the molecule is COc1ccc(CCNC(=O)Nc2nc3cc(OC)c(OC)cc3s2)cc1. The van der Waals surface area contributed by atoms with Gasteiger partial charge < -0.3 is 19.5 Å². The number of fused-ring (bicyclic) bond motifs is 1. The molecule has 3 rings (SSSR count). The molecule has 2 amide bonds. The predicted octanol–water partition coefficient (Wildman–Crippen LogP) is 3.69. The number of aromatic nitrogens is 1. The summed E-state index contributed by atoms with van der Waals surface area (Å²) in [7, 11) is 4.79. The normalized spacial score (nSPS) is 10.5. The van der Waals surface area contributed by atoms with Crippen LogP contribution in [0.25, 0.3) is 10.2 Å². The van der Waals surface area contributed by atoms with E-state index in [1.165, 1.54) is 11.3 Å². The van der Waals surface area contributed by atoms with E-state index in [1.54, 1.807) is 27.4 Å². The molecule has 8 heteroatoms. The van der Waals surface area contributed by atoms with Gasteiger partial charge in [-0.1, -0.05) is 23.5 Å². The maximum Gasteiger partial charge on any atom is 0.321 e. The van der Waals surface area contributed by atoms with Gasteiger partial charge in [-0.3, -0.25) is 5.32 Å². The largest absolute Gasteiger partial charge is 0.497 e. The number of urea groups is 1. The third-order valence-corrected chi connectivity index (χ3v) is 4.91. The molecular weight excluding hydrogens is 366 g/mol. The number of amides is 2. The molecule has 0 spiro atoms. The minimum absolute atomic E-state index is 0.290. The van der Waals surface area contributed by atoms with Crippen LogP contribution in [0.3, 0.4) is 0 Å². The standard InChI is InChI=1S/C19H21N3O4S/c1-24-13-6-4-12(5-7-13)8-9-20-18(23)22-19-21-14-10-15(25-2)16(26-3)11-17(14)27-19/h4-7,10-11H,8-9H2,1-3H3,(H2,20,21,22,23). The number of carbonyl (C=O) groups excluding carboxylic acids is 1. The third kappa shape index (κ3) is 4.59. The number of ether oxygens (including phenoxy) is 3. The average molecular weight is 387 g/mol. The van der Waals surface area contributed by atoms with Gasteiger partial charge in [0.05, 0.1) is 31.5 Å². The zero-order chi connectivity index (χ0) is 19.2. The summed E-state index contributed by atoms with van der Waals surface area (Å²) in [5, 5.41) is 6.12. The van der Waals surface area contributed by atoms with Crippen LogP contribution in [0.15, 0.2) is 36.4 Å². The first kappa shape index (κ1) is 18.8. The van der Waals surface area contributed by atoms with Crippen molar-refractivity contribution in [3.63, 3.8) is 0 Å². The summed E-state index contributed by atoms with van der Waals surface area (Å²) in [6.07, 6.45) is 0.728. The Morgan fingerprint density at radius 3 is 2.41 bits per heavy atom. The van der Waals surface area contributed by atoms with E-state index in [1.807, 2.05) is 30.3 Å². The van der Waals surface area contributed by atoms with Crippen LogP contribution in [0, 0.1) is 0 Å². The van der Waals surface area contributed by atoms with Gasteiger partial charge in [0.1, 0.15) is 5.75 Å². The van der Waals surface area contributed by atoms with Crippen molar-refractivity contribution in [1.82, 2.24) is 10.3 Å². The van der Waals surface area contributed by atoms with Crippen molar-refractivity contribution in [2.75, 3.05) is 33.2 Å². The zero-order valence-electron chi connectivity index (χ0n) is 15.4. The fourth-order valence-corrected chi connectivity index (χ4v) is 3.43. The first-order valence-corrected chi connectivity index (χ1v) is 9.15. The second kappa shape index (κ2) is 8.59. The summed E-state index contributed by atoms with van der Waals surface area (Å²) in [4.78, 5) is 16.5. The summed E-state index contributed by atoms with van der Waals surface area (Å²) < 4.78 is 16.6. The van der Waals surface area contributed by atoms with Crippen LogP contribution in [0.5, 0.6) is 17.2 Å². The Kier molecular flexibility index (Phi) is 5.97. The van der Waals surface area contributed by atoms with Crippen molar-refractivity contribution in [1.29, 1.82) is 0 Å². The Morgan fingerprint density at radius 2 is 1.74 bits per heavy atom. The molecule has 142 valence electrons. The van der Waals surface area contributed by atoms with Gasteiger partial charge in [-0.2, -0.15) is 0 Å². The predicted molar refractivity (Wildman–Crippen MR) is 106 cm³/mol. The average Bonchev–Trinajstić information content (AvgIpc) is 3.08. The van der Waals surface area contributed by atoms with Gasteiger partial charge in [-0.05, 0) is 24.1 Å². The highest BCUT2D eigenvalue weighted by atomic mass is 32.1. The lowest BCUT2D eigenvalue weighted by Crippen LogP contribution is -2.30. The number of nitrogens with zero attached hydrogens (tertiary/aromatic N) is 1. The van der Waals surface area contributed by atoms with Crippen molar-refractivity contribution < 1.29 is 19.0 Å². The molecule has 0 atom stereocenters. The minimum atomic E-state index is -0.290. The maximum atomic E-state index is 12.1. The van der Waals surface area contributed by atoms with Crippen molar-refractivity contribution in [2.24, 2.45) is 0 Å². The first-order valence-electron chi connectivity index (χ1n) is 8.33. The number of nitrogens with one attached hydrogen (secondary N) is 2. The summed E-state index contributed by atoms with van der Waals surface area (Å²) in [5.41, 5.74) is 1.86. The molecule has 0 fully saturated rings. The minimum Gasteiger partial charge on any atom is -0.497 e. The van der Waals surface area contributed by atoms with Crippen molar-refractivity contribution >= 4 is 32.7 Å². The molecule has 3 aromatic rings. The summed E-state index contributed by atoms with van der Waals surface area (Å²) >= 11 is 1.38. The van der Waals surface area contributed by atoms with Gasteiger partial charge in [0.15, 0.2) is 16.6 Å². The molecular formula is C19H21N3O4S. The number of hydrogen-bond donors (Lipinski definition) is 2. The number of carbonyl (C=O) groups is 1. The summed E-state index contributed by atoms with van der Waals surface area (Å²) in [6.45, 7) is 0.519. The van der Waals surface area contributed by atoms with E-state index in [4.69, 9.17) is 14.2 Å². The fourth-order valence-electron chi connectivity index (χ4n) is 2.56. The van der Waals surface area contributed by atoms with Crippen molar-refractivity contribution in [3.8, 4) is 17.2 Å². The lowest BCUT2D eigenvalue weighted by molar-refractivity contribution is 0.252. The Hall–Kier alpha value is -3.00. The van der Waals surface area contributed by atoms with Gasteiger partial charge in [0, 0.05) is 18.7 Å². The molecule has 1 aromatic heterocycles. The van der Waals surface area contributed by atoms with Crippen LogP contribution in [-0.2, 0) is 6.42 Å². The molecule has 1 heterocycles. The molecule has 0 aliphatic heterocycles. The van der Waals surface area contributed by atoms with E-state index in [9.17, 15) is 4.79 Å². The first-order chi connectivity index (χ1) is 13.1. The number of anilines is 1. The summed E-state index contributed by atoms with van der Waals surface area (Å²) in [5.74, 6) is 2.04. The molecule has 2 aromatic carbocycles. The molecule has 0 aliphatic rings. The van der Waals surface area contributed by atoms with Gasteiger partial charge in [0.25, 0.3) is 0 Å². The van der Waals surface area contributed by atoms with Crippen LogP contribution >= 0.6 is 11.3 Å². The smallest absolute Gasteiger partial charge is 0.321 e. The van der Waals surface area contributed by atoms with Gasteiger partial charge in [-0.15, -0.1) is 0 Å². The van der Waals surface area contributed by atoms with Gasteiger partial charge >= 0.3 is 6.03 Å². The van der Waals surface area contributed by atoms with Crippen LogP contribution in [0.4, 0.5) is 9.93 Å². The zero-order valence-corrected chi connectivity index (χ0v) is 16.2. The topological polar surface area (TPSA) is 81.7 Å². The Bertz CT molecular complexity index is 884. The van der Waals surface area contributed by atoms with Crippen LogP contribution in [0.2, 0.25) is 0 Å². The molecule has 2 N–H and O–H groups in total. The highest BCUT2D eigenvalue weighted by Gasteiger charge is 2.12. The lowest BCUT2D eigenvalue weighted by atomic mass is 10.1. The molecule has 0 saturated heterocycles. The van der Waals surface area contributed by atoms with E-state index in [0.29, 0.717) is 23.2 Å². The Labute approximate surface area is 161 Å². The van der Waals surface area contributed by atoms with E-state index >= 15 is 0 Å². The highest BCUT2D eigenvalue weighted by Crippen LogP contribution is 2.36. The lowest BCUT2D eigenvalue weighted by Gasteiger charge is -2.06. The molecule has 27 heavy (non-hydrogen) atoms. The molecule has 0 bridgehead atoms. The number of benzene rings is 2. The van der Waals surface area contributed by atoms with Crippen molar-refractivity contribution in [2.45, 2.75) is 6.42 Å². The summed E-state index contributed by atoms with van der Waals surface area (Å²) in [6, 6.07) is 11.1. The number of methoxy groups -OCH3 is 3. The second-order valence-corrected chi connectivity index (χ2v) is 6.70. The quantitative estimate of drug-likeness (QED) is 0.646. The van der Waals surface area contributed by atoms with E-state index in [0.717, 1.165) is 28.0 Å². The van der Waals surface area contributed by atoms with E-state index in [2.05, 4.69) is 15.6 Å².